The van der Waals surface area contributed by atoms with Gasteiger partial charge < -0.3 is 9.84 Å². The SMILES string of the molecule is COc1cc(C)c(C(=C(c2ccc3[nH]nc(F)c3c2)c2ccc(C=CC(=O)O)nc2C)C2CCC2)cn1. The molecule has 1 aliphatic carbocycles. The fourth-order valence-corrected chi connectivity index (χ4v) is 4.87. The molecule has 4 aromatic rings. The summed E-state index contributed by atoms with van der Waals surface area (Å²) in [7, 11) is 1.60. The highest BCUT2D eigenvalue weighted by Crippen LogP contribution is 2.46. The Bertz CT molecular complexity index is 1570. The minimum Gasteiger partial charge on any atom is -0.481 e. The molecule has 0 spiro atoms. The van der Waals surface area contributed by atoms with Crippen LogP contribution < -0.4 is 4.74 Å². The Hall–Kier alpha value is -4.33. The number of carboxylic acid groups (broad SMARTS) is 1. The zero-order chi connectivity index (χ0) is 26.1. The van der Waals surface area contributed by atoms with Crippen LogP contribution in [0.2, 0.25) is 0 Å². The van der Waals surface area contributed by atoms with Crippen LogP contribution in [0.15, 0.2) is 48.7 Å². The number of halogens is 1. The first-order valence-corrected chi connectivity index (χ1v) is 12.1. The molecule has 0 bridgehead atoms. The standard InChI is InChI=1S/C29H27FN4O3/c1-16-13-25(37-3)31-15-23(16)27(18-5-4-6-18)28(19-7-11-24-22(14-19)29(30)34-33-24)21-10-8-20(32-17(21)2)9-12-26(35)36/h7-15,18H,4-6H2,1-3H3,(H,33,34)(H,35,36). The summed E-state index contributed by atoms with van der Waals surface area (Å²) in [6, 6.07) is 11.3. The fourth-order valence-electron chi connectivity index (χ4n) is 4.87. The van der Waals surface area contributed by atoms with Gasteiger partial charge in [0.25, 0.3) is 0 Å². The molecule has 7 nitrogen and oxygen atoms in total. The van der Waals surface area contributed by atoms with Gasteiger partial charge in [0.15, 0.2) is 0 Å². The van der Waals surface area contributed by atoms with E-state index in [2.05, 4.69) is 20.2 Å². The molecule has 1 fully saturated rings. The largest absolute Gasteiger partial charge is 0.481 e. The molecule has 1 aliphatic rings. The number of methoxy groups -OCH3 is 1. The van der Waals surface area contributed by atoms with Gasteiger partial charge in [-0.05, 0) is 79.2 Å². The number of fused-ring (bicyclic) bond motifs is 1. The molecular weight excluding hydrogens is 471 g/mol. The number of rotatable bonds is 7. The van der Waals surface area contributed by atoms with Crippen LogP contribution in [-0.2, 0) is 4.79 Å². The van der Waals surface area contributed by atoms with Gasteiger partial charge in [0, 0.05) is 35.2 Å². The molecule has 0 amide bonds. The Kier molecular flexibility index (Phi) is 6.56. The highest BCUT2D eigenvalue weighted by molar-refractivity contribution is 6.02. The van der Waals surface area contributed by atoms with Crippen LogP contribution in [0.5, 0.6) is 5.88 Å². The summed E-state index contributed by atoms with van der Waals surface area (Å²) in [6.45, 7) is 3.95. The molecule has 3 aromatic heterocycles. The number of pyridine rings is 2. The Labute approximate surface area is 213 Å². The third-order valence-corrected chi connectivity index (χ3v) is 6.95. The molecule has 0 atom stereocenters. The van der Waals surface area contributed by atoms with Gasteiger partial charge in [-0.1, -0.05) is 18.6 Å². The molecule has 2 N–H and O–H groups in total. The van der Waals surface area contributed by atoms with Crippen LogP contribution in [0, 0.1) is 25.7 Å². The van der Waals surface area contributed by atoms with Crippen molar-refractivity contribution in [3.05, 3.63) is 88.3 Å². The van der Waals surface area contributed by atoms with Gasteiger partial charge >= 0.3 is 5.97 Å². The average molecular weight is 499 g/mol. The number of aromatic amines is 1. The number of ether oxygens (including phenoxy) is 1. The van der Waals surface area contributed by atoms with E-state index in [1.54, 1.807) is 13.2 Å². The van der Waals surface area contributed by atoms with Crippen LogP contribution in [0.3, 0.4) is 0 Å². The van der Waals surface area contributed by atoms with Gasteiger partial charge in [0.2, 0.25) is 11.8 Å². The van der Waals surface area contributed by atoms with E-state index in [1.165, 1.54) is 6.08 Å². The molecule has 1 saturated carbocycles. The van der Waals surface area contributed by atoms with E-state index < -0.39 is 11.9 Å². The first-order valence-electron chi connectivity index (χ1n) is 12.1. The second-order valence-corrected chi connectivity index (χ2v) is 9.27. The molecule has 0 aliphatic heterocycles. The lowest BCUT2D eigenvalue weighted by Gasteiger charge is -2.32. The molecule has 8 heteroatoms. The van der Waals surface area contributed by atoms with Crippen LogP contribution in [0.4, 0.5) is 4.39 Å². The van der Waals surface area contributed by atoms with Crippen LogP contribution in [-0.4, -0.2) is 38.4 Å². The lowest BCUT2D eigenvalue weighted by molar-refractivity contribution is -0.131. The number of carbonyl (C=O) groups is 1. The number of benzene rings is 1. The highest BCUT2D eigenvalue weighted by Gasteiger charge is 2.29. The van der Waals surface area contributed by atoms with E-state index >= 15 is 0 Å². The van der Waals surface area contributed by atoms with Gasteiger partial charge in [0.1, 0.15) is 0 Å². The number of hydrogen-bond acceptors (Lipinski definition) is 5. The van der Waals surface area contributed by atoms with E-state index in [9.17, 15) is 9.18 Å². The first kappa shape index (κ1) is 24.4. The van der Waals surface area contributed by atoms with E-state index in [4.69, 9.17) is 9.84 Å². The highest BCUT2D eigenvalue weighted by atomic mass is 19.1. The molecule has 188 valence electrons. The molecule has 5 rings (SSSR count). The third-order valence-electron chi connectivity index (χ3n) is 6.95. The fraction of sp³-hybridized carbons (Fsp3) is 0.241. The molecule has 37 heavy (non-hydrogen) atoms. The lowest BCUT2D eigenvalue weighted by Crippen LogP contribution is -2.16. The maximum absolute atomic E-state index is 14.5. The zero-order valence-electron chi connectivity index (χ0n) is 20.9. The number of aliphatic carboxylic acids is 1. The number of allylic oxidation sites excluding steroid dienone is 1. The molecule has 0 unspecified atom stereocenters. The summed E-state index contributed by atoms with van der Waals surface area (Å²) >= 11 is 0. The molecule has 0 saturated heterocycles. The minimum atomic E-state index is -1.03. The Morgan fingerprint density at radius 1 is 1.16 bits per heavy atom. The van der Waals surface area contributed by atoms with Gasteiger partial charge in [-0.2, -0.15) is 4.39 Å². The van der Waals surface area contributed by atoms with Crippen molar-refractivity contribution >= 4 is 34.1 Å². The van der Waals surface area contributed by atoms with Crippen molar-refractivity contribution in [1.29, 1.82) is 0 Å². The van der Waals surface area contributed by atoms with Crippen LogP contribution in [0.1, 0.15) is 52.9 Å². The summed E-state index contributed by atoms with van der Waals surface area (Å²) in [6.07, 6.45) is 7.61. The summed E-state index contributed by atoms with van der Waals surface area (Å²) in [5, 5.41) is 15.9. The Morgan fingerprint density at radius 2 is 1.97 bits per heavy atom. The monoisotopic (exact) mass is 498 g/mol. The zero-order valence-corrected chi connectivity index (χ0v) is 20.9. The smallest absolute Gasteiger partial charge is 0.328 e. The lowest BCUT2D eigenvalue weighted by atomic mass is 9.72. The Balaban J connectivity index is 1.80. The molecule has 0 radical (unpaired) electrons. The van der Waals surface area contributed by atoms with E-state index in [-0.39, 0.29) is 0 Å². The number of nitrogens with one attached hydrogen (secondary N) is 1. The second kappa shape index (κ2) is 9.97. The van der Waals surface area contributed by atoms with Gasteiger partial charge in [-0.25, -0.2) is 9.78 Å². The number of nitrogens with zero attached hydrogens (tertiary/aromatic N) is 3. The number of carboxylic acids is 1. The van der Waals surface area contributed by atoms with Crippen molar-refractivity contribution in [2.24, 2.45) is 5.92 Å². The van der Waals surface area contributed by atoms with E-state index in [0.29, 0.717) is 28.4 Å². The van der Waals surface area contributed by atoms with Crippen molar-refractivity contribution < 1.29 is 19.0 Å². The minimum absolute atomic E-state index is 0.305. The maximum atomic E-state index is 14.5. The Morgan fingerprint density at radius 3 is 2.62 bits per heavy atom. The summed E-state index contributed by atoms with van der Waals surface area (Å²) in [5.41, 5.74) is 7.81. The topological polar surface area (TPSA) is 101 Å². The second-order valence-electron chi connectivity index (χ2n) is 9.27. The van der Waals surface area contributed by atoms with Gasteiger partial charge in [0.05, 0.1) is 23.7 Å². The van der Waals surface area contributed by atoms with Crippen molar-refractivity contribution in [3.8, 4) is 5.88 Å². The van der Waals surface area contributed by atoms with E-state index in [0.717, 1.165) is 64.4 Å². The van der Waals surface area contributed by atoms with Crippen LogP contribution >= 0.6 is 0 Å². The number of H-pyrrole nitrogens is 1. The quantitative estimate of drug-likeness (QED) is 0.304. The summed E-state index contributed by atoms with van der Waals surface area (Å²) in [4.78, 5) is 20.2. The molecular formula is C29H27FN4O3. The van der Waals surface area contributed by atoms with Gasteiger partial charge in [-0.3, -0.25) is 10.1 Å². The maximum Gasteiger partial charge on any atom is 0.328 e. The summed E-state index contributed by atoms with van der Waals surface area (Å²) < 4.78 is 19.9. The molecule has 3 heterocycles. The van der Waals surface area contributed by atoms with Crippen molar-refractivity contribution in [1.82, 2.24) is 20.2 Å². The first-order chi connectivity index (χ1) is 17.9. The van der Waals surface area contributed by atoms with E-state index in [1.807, 2.05) is 50.4 Å². The molecule has 1 aromatic carbocycles. The van der Waals surface area contributed by atoms with Crippen LogP contribution in [0.25, 0.3) is 28.1 Å². The van der Waals surface area contributed by atoms with Crippen molar-refractivity contribution in [3.63, 3.8) is 0 Å². The summed E-state index contributed by atoms with van der Waals surface area (Å²) in [5.74, 6) is -0.730. The average Bonchev–Trinajstić information content (AvgIpc) is 3.22. The number of hydrogen-bond donors (Lipinski definition) is 2. The normalized spacial score (nSPS) is 14.6. The number of aryl methyl sites for hydroxylation is 2. The number of aromatic nitrogens is 4. The third kappa shape index (κ3) is 4.74. The van der Waals surface area contributed by atoms with Crippen molar-refractivity contribution in [2.75, 3.05) is 7.11 Å². The van der Waals surface area contributed by atoms with Crippen molar-refractivity contribution in [2.45, 2.75) is 33.1 Å². The predicted molar refractivity (Wildman–Crippen MR) is 140 cm³/mol. The predicted octanol–water partition coefficient (Wildman–Crippen LogP) is 5.97. The van der Waals surface area contributed by atoms with Gasteiger partial charge in [-0.15, -0.1) is 5.10 Å².